The molecular formula is C11H12BrN3O2. The van der Waals surface area contributed by atoms with E-state index in [0.717, 1.165) is 16.9 Å². The molecule has 1 heterocycles. The van der Waals surface area contributed by atoms with Gasteiger partial charge in [-0.05, 0) is 12.1 Å². The van der Waals surface area contributed by atoms with Crippen molar-refractivity contribution in [2.24, 2.45) is 0 Å². The van der Waals surface area contributed by atoms with Crippen LogP contribution in [0.25, 0.3) is 0 Å². The van der Waals surface area contributed by atoms with Gasteiger partial charge in [-0.1, -0.05) is 22.0 Å². The Morgan fingerprint density at radius 2 is 2.35 bits per heavy atom. The smallest absolute Gasteiger partial charge is 0.321 e. The first kappa shape index (κ1) is 11.9. The van der Waals surface area contributed by atoms with Crippen LogP contribution in [0.1, 0.15) is 5.56 Å². The maximum absolute atomic E-state index is 11.5. The topological polar surface area (TPSA) is 61.4 Å². The highest BCUT2D eigenvalue weighted by atomic mass is 79.9. The van der Waals surface area contributed by atoms with Crippen LogP contribution in [0, 0.1) is 0 Å². The quantitative estimate of drug-likeness (QED) is 0.816. The number of benzene rings is 1. The molecule has 5 nitrogen and oxygen atoms in total. The predicted molar refractivity (Wildman–Crippen MR) is 69.5 cm³/mol. The highest BCUT2D eigenvalue weighted by molar-refractivity contribution is 9.09. The van der Waals surface area contributed by atoms with Gasteiger partial charge in [-0.3, -0.25) is 9.69 Å². The number of carbonyl (C=O) groups excluding carboxylic acids is 2. The van der Waals surface area contributed by atoms with E-state index < -0.39 is 0 Å². The molecule has 2 N–H and O–H groups in total. The largest absolute Gasteiger partial charge is 0.333 e. The number of alkyl halides is 1. The molecule has 0 saturated carbocycles. The second-order valence-electron chi connectivity index (χ2n) is 3.70. The lowest BCUT2D eigenvalue weighted by Crippen LogP contribution is -2.41. The molecule has 0 unspecified atom stereocenters. The Kier molecular flexibility index (Phi) is 3.33. The van der Waals surface area contributed by atoms with Crippen LogP contribution in [0.2, 0.25) is 0 Å². The van der Waals surface area contributed by atoms with Gasteiger partial charge in [-0.25, -0.2) is 4.79 Å². The standard InChI is InChI=1S/C11H12BrN3O2/c1-15-9-4-2-3-8(14-10(16)5-12)7(9)6-13-11(15)17/h2-4H,5-6H2,1H3,(H,13,17)(H,14,16). The molecule has 90 valence electrons. The van der Waals surface area contributed by atoms with Crippen LogP contribution in [-0.2, 0) is 11.3 Å². The monoisotopic (exact) mass is 297 g/mol. The van der Waals surface area contributed by atoms with Crippen molar-refractivity contribution in [1.29, 1.82) is 0 Å². The van der Waals surface area contributed by atoms with Gasteiger partial charge in [0.1, 0.15) is 0 Å². The van der Waals surface area contributed by atoms with Gasteiger partial charge < -0.3 is 10.6 Å². The minimum Gasteiger partial charge on any atom is -0.333 e. The van der Waals surface area contributed by atoms with E-state index in [1.165, 1.54) is 4.90 Å². The molecule has 17 heavy (non-hydrogen) atoms. The van der Waals surface area contributed by atoms with E-state index in [2.05, 4.69) is 26.6 Å². The fraction of sp³-hybridized carbons (Fsp3) is 0.273. The zero-order valence-corrected chi connectivity index (χ0v) is 10.9. The SMILES string of the molecule is CN1C(=O)NCc2c(NC(=O)CBr)cccc21. The van der Waals surface area contributed by atoms with Crippen molar-refractivity contribution >= 4 is 39.2 Å². The zero-order chi connectivity index (χ0) is 12.4. The number of fused-ring (bicyclic) bond motifs is 1. The van der Waals surface area contributed by atoms with E-state index >= 15 is 0 Å². The molecule has 1 aliphatic rings. The average molecular weight is 298 g/mol. The summed E-state index contributed by atoms with van der Waals surface area (Å²) in [5.41, 5.74) is 2.48. The van der Waals surface area contributed by atoms with E-state index in [4.69, 9.17) is 0 Å². The summed E-state index contributed by atoms with van der Waals surface area (Å²) < 4.78 is 0. The van der Waals surface area contributed by atoms with Crippen molar-refractivity contribution in [2.75, 3.05) is 22.6 Å². The van der Waals surface area contributed by atoms with Gasteiger partial charge >= 0.3 is 6.03 Å². The summed E-state index contributed by atoms with van der Waals surface area (Å²) in [7, 11) is 1.70. The average Bonchev–Trinajstić information content (AvgIpc) is 2.34. The van der Waals surface area contributed by atoms with E-state index in [9.17, 15) is 9.59 Å². The number of rotatable bonds is 2. The van der Waals surface area contributed by atoms with Crippen LogP contribution in [0.15, 0.2) is 18.2 Å². The molecule has 0 radical (unpaired) electrons. The van der Waals surface area contributed by atoms with Crippen molar-refractivity contribution in [2.45, 2.75) is 6.54 Å². The molecule has 0 fully saturated rings. The Hall–Kier alpha value is -1.56. The maximum Gasteiger partial charge on any atom is 0.321 e. The van der Waals surface area contributed by atoms with Crippen LogP contribution in [0.5, 0.6) is 0 Å². The van der Waals surface area contributed by atoms with Gasteiger partial charge in [-0.2, -0.15) is 0 Å². The minimum absolute atomic E-state index is 0.113. The molecule has 6 heteroatoms. The molecule has 3 amide bonds. The summed E-state index contributed by atoms with van der Waals surface area (Å²) in [5, 5.41) is 5.78. The van der Waals surface area contributed by atoms with Crippen molar-refractivity contribution in [1.82, 2.24) is 5.32 Å². The number of nitrogens with one attached hydrogen (secondary N) is 2. The van der Waals surface area contributed by atoms with Gasteiger partial charge in [0.2, 0.25) is 5.91 Å². The van der Waals surface area contributed by atoms with Gasteiger partial charge in [0.15, 0.2) is 0 Å². The first-order valence-electron chi connectivity index (χ1n) is 5.12. The molecule has 1 aromatic rings. The Morgan fingerprint density at radius 1 is 1.59 bits per heavy atom. The summed E-state index contributed by atoms with van der Waals surface area (Å²) in [6.07, 6.45) is 0. The van der Waals surface area contributed by atoms with Gasteiger partial charge in [0.25, 0.3) is 0 Å². The molecule has 0 aliphatic carbocycles. The third-order valence-electron chi connectivity index (χ3n) is 2.63. The first-order chi connectivity index (χ1) is 8.13. The molecule has 0 bridgehead atoms. The summed E-state index contributed by atoms with van der Waals surface area (Å²) in [6.45, 7) is 0.428. The van der Waals surface area contributed by atoms with Crippen molar-refractivity contribution in [3.8, 4) is 0 Å². The molecule has 2 rings (SSSR count). The summed E-state index contributed by atoms with van der Waals surface area (Å²) in [5.74, 6) is -0.113. The zero-order valence-electron chi connectivity index (χ0n) is 9.29. The van der Waals surface area contributed by atoms with Gasteiger partial charge in [0.05, 0.1) is 11.0 Å². The minimum atomic E-state index is -0.138. The van der Waals surface area contributed by atoms with E-state index in [1.807, 2.05) is 18.2 Å². The molecule has 1 aliphatic heterocycles. The number of anilines is 2. The van der Waals surface area contributed by atoms with Crippen molar-refractivity contribution in [3.05, 3.63) is 23.8 Å². The van der Waals surface area contributed by atoms with E-state index in [1.54, 1.807) is 7.05 Å². The van der Waals surface area contributed by atoms with Crippen LogP contribution < -0.4 is 15.5 Å². The molecule has 0 saturated heterocycles. The van der Waals surface area contributed by atoms with Crippen LogP contribution >= 0.6 is 15.9 Å². The van der Waals surface area contributed by atoms with Crippen molar-refractivity contribution in [3.63, 3.8) is 0 Å². The maximum atomic E-state index is 11.5. The Morgan fingerprint density at radius 3 is 3.06 bits per heavy atom. The second-order valence-corrected chi connectivity index (χ2v) is 4.26. The van der Waals surface area contributed by atoms with Crippen LogP contribution in [0.4, 0.5) is 16.2 Å². The molecule has 0 aromatic heterocycles. The number of amides is 3. The number of carbonyl (C=O) groups is 2. The Balaban J connectivity index is 2.37. The number of hydrogen-bond donors (Lipinski definition) is 2. The molecule has 0 atom stereocenters. The number of hydrogen-bond acceptors (Lipinski definition) is 2. The second kappa shape index (κ2) is 4.75. The van der Waals surface area contributed by atoms with Gasteiger partial charge in [0, 0.05) is 24.8 Å². The normalized spacial score (nSPS) is 14.0. The lowest BCUT2D eigenvalue weighted by molar-refractivity contribution is -0.113. The highest BCUT2D eigenvalue weighted by Gasteiger charge is 2.22. The fourth-order valence-corrected chi connectivity index (χ4v) is 1.91. The lowest BCUT2D eigenvalue weighted by atomic mass is 10.1. The third-order valence-corrected chi connectivity index (χ3v) is 3.14. The summed E-state index contributed by atoms with van der Waals surface area (Å²) >= 11 is 3.10. The first-order valence-corrected chi connectivity index (χ1v) is 6.25. The lowest BCUT2D eigenvalue weighted by Gasteiger charge is -2.28. The fourth-order valence-electron chi connectivity index (χ4n) is 1.77. The van der Waals surface area contributed by atoms with Crippen LogP contribution in [-0.4, -0.2) is 24.3 Å². The summed E-state index contributed by atoms with van der Waals surface area (Å²) in [6, 6.07) is 5.36. The molecular weight excluding hydrogens is 286 g/mol. The van der Waals surface area contributed by atoms with Crippen LogP contribution in [0.3, 0.4) is 0 Å². The van der Waals surface area contributed by atoms with E-state index in [-0.39, 0.29) is 17.3 Å². The van der Waals surface area contributed by atoms with Crippen molar-refractivity contribution < 1.29 is 9.59 Å². The Bertz CT molecular complexity index is 476. The summed E-state index contributed by atoms with van der Waals surface area (Å²) in [4.78, 5) is 24.4. The molecule has 0 spiro atoms. The van der Waals surface area contributed by atoms with E-state index in [0.29, 0.717) is 6.54 Å². The number of halogens is 1. The molecule has 1 aromatic carbocycles. The number of nitrogens with zero attached hydrogens (tertiary/aromatic N) is 1. The van der Waals surface area contributed by atoms with Gasteiger partial charge in [-0.15, -0.1) is 0 Å². The predicted octanol–water partition coefficient (Wildman–Crippen LogP) is 1.68. The highest BCUT2D eigenvalue weighted by Crippen LogP contribution is 2.29. The Labute approximate surface area is 107 Å². The number of urea groups is 1. The third kappa shape index (κ3) is 2.26.